The molecule has 0 aromatic carbocycles. The van der Waals surface area contributed by atoms with Crippen molar-refractivity contribution in [3.8, 4) is 0 Å². The summed E-state index contributed by atoms with van der Waals surface area (Å²) in [6.45, 7) is 1.87. The third-order valence-electron chi connectivity index (χ3n) is 1.23. The van der Waals surface area contributed by atoms with E-state index in [2.05, 4.69) is 14.3 Å². The zero-order valence-corrected chi connectivity index (χ0v) is 6.22. The van der Waals surface area contributed by atoms with Gasteiger partial charge in [0.2, 0.25) is 0 Å². The Kier molecular flexibility index (Phi) is 1.14. The first kappa shape index (κ1) is 5.73. The van der Waals surface area contributed by atoms with Crippen molar-refractivity contribution in [1.82, 2.24) is 14.3 Å². The molecule has 3 nitrogen and oxygen atoms in total. The third-order valence-corrected chi connectivity index (χ3v) is 1.95. The van der Waals surface area contributed by atoms with Crippen molar-refractivity contribution in [2.45, 2.75) is 6.92 Å². The largest absolute Gasteiger partial charge is 0.240 e. The highest BCUT2D eigenvalue weighted by molar-refractivity contribution is 7.13. The lowest BCUT2D eigenvalue weighted by Crippen LogP contribution is -1.83. The first-order valence-corrected chi connectivity index (χ1v) is 3.67. The highest BCUT2D eigenvalue weighted by Gasteiger charge is 1.96. The van der Waals surface area contributed by atoms with Gasteiger partial charge < -0.3 is 0 Å². The smallest absolute Gasteiger partial charge is 0.126 e. The second kappa shape index (κ2) is 1.98. The lowest BCUT2D eigenvalue weighted by atomic mass is 10.5. The molecule has 0 bridgehead atoms. The molecule has 0 aliphatic rings. The summed E-state index contributed by atoms with van der Waals surface area (Å²) in [5.74, 6) is 0.799. The second-order valence-corrected chi connectivity index (χ2v) is 2.83. The Bertz CT molecular complexity index is 355. The van der Waals surface area contributed by atoms with Gasteiger partial charge >= 0.3 is 0 Å². The monoisotopic (exact) mass is 151 g/mol. The standard InChI is InChI=1S/C6H5N3S/c1-4-7-3-6-5(9-4)2-8-10-6/h2-3H,1H3. The van der Waals surface area contributed by atoms with Crippen LogP contribution in [-0.4, -0.2) is 14.3 Å². The molecule has 2 aromatic heterocycles. The molecule has 4 heteroatoms. The fourth-order valence-corrected chi connectivity index (χ4v) is 1.33. The minimum atomic E-state index is 0.799. The van der Waals surface area contributed by atoms with Gasteiger partial charge in [0.1, 0.15) is 11.3 Å². The summed E-state index contributed by atoms with van der Waals surface area (Å²) < 4.78 is 5.03. The van der Waals surface area contributed by atoms with Crippen LogP contribution in [0, 0.1) is 6.92 Å². The van der Waals surface area contributed by atoms with Crippen LogP contribution in [0.4, 0.5) is 0 Å². The van der Waals surface area contributed by atoms with E-state index < -0.39 is 0 Å². The molecule has 0 spiro atoms. The predicted octanol–water partition coefficient (Wildman–Crippen LogP) is 1.39. The van der Waals surface area contributed by atoms with Crippen molar-refractivity contribution >= 4 is 21.7 Å². The van der Waals surface area contributed by atoms with Crippen LogP contribution in [0.1, 0.15) is 5.82 Å². The Balaban J connectivity index is 2.86. The van der Waals surface area contributed by atoms with Gasteiger partial charge in [0, 0.05) is 0 Å². The molecule has 2 aromatic rings. The first-order chi connectivity index (χ1) is 4.86. The van der Waals surface area contributed by atoms with E-state index in [9.17, 15) is 0 Å². The molecule has 0 saturated heterocycles. The van der Waals surface area contributed by atoms with Gasteiger partial charge in [0.25, 0.3) is 0 Å². The van der Waals surface area contributed by atoms with Crippen molar-refractivity contribution in [1.29, 1.82) is 0 Å². The molecule has 0 aliphatic carbocycles. The lowest BCUT2D eigenvalue weighted by molar-refractivity contribution is 1.09. The fourth-order valence-electron chi connectivity index (χ4n) is 0.772. The molecule has 0 N–H and O–H groups in total. The summed E-state index contributed by atoms with van der Waals surface area (Å²) in [5, 5.41) is 0. The van der Waals surface area contributed by atoms with Crippen LogP contribution in [0.3, 0.4) is 0 Å². The van der Waals surface area contributed by atoms with E-state index in [4.69, 9.17) is 0 Å². The number of fused-ring (bicyclic) bond motifs is 1. The summed E-state index contributed by atoms with van der Waals surface area (Å²) in [6.07, 6.45) is 3.56. The van der Waals surface area contributed by atoms with Crippen LogP contribution in [0.15, 0.2) is 12.4 Å². The van der Waals surface area contributed by atoms with Gasteiger partial charge in [0.15, 0.2) is 0 Å². The molecule has 0 atom stereocenters. The Morgan fingerprint density at radius 3 is 3.20 bits per heavy atom. The van der Waals surface area contributed by atoms with Crippen LogP contribution >= 0.6 is 11.5 Å². The highest BCUT2D eigenvalue weighted by Crippen LogP contribution is 2.13. The van der Waals surface area contributed by atoms with Gasteiger partial charge in [-0.15, -0.1) is 0 Å². The zero-order valence-electron chi connectivity index (χ0n) is 5.40. The number of aromatic nitrogens is 3. The van der Waals surface area contributed by atoms with Crippen molar-refractivity contribution in [3.63, 3.8) is 0 Å². The Labute approximate surface area is 61.9 Å². The van der Waals surface area contributed by atoms with E-state index in [0.29, 0.717) is 0 Å². The molecular formula is C6H5N3S. The molecule has 10 heavy (non-hydrogen) atoms. The van der Waals surface area contributed by atoms with Crippen LogP contribution < -0.4 is 0 Å². The molecular weight excluding hydrogens is 146 g/mol. The Morgan fingerprint density at radius 1 is 1.40 bits per heavy atom. The van der Waals surface area contributed by atoms with Crippen molar-refractivity contribution in [2.75, 3.05) is 0 Å². The number of rotatable bonds is 0. The zero-order chi connectivity index (χ0) is 6.97. The third kappa shape index (κ3) is 0.769. The summed E-state index contributed by atoms with van der Waals surface area (Å²) in [6, 6.07) is 0. The minimum Gasteiger partial charge on any atom is -0.240 e. The van der Waals surface area contributed by atoms with Crippen LogP contribution in [0.25, 0.3) is 10.2 Å². The highest BCUT2D eigenvalue weighted by atomic mass is 32.1. The molecule has 0 amide bonds. The maximum atomic E-state index is 4.17. The summed E-state index contributed by atoms with van der Waals surface area (Å²) >= 11 is 1.42. The molecule has 0 saturated carbocycles. The first-order valence-electron chi connectivity index (χ1n) is 2.90. The topological polar surface area (TPSA) is 38.7 Å². The lowest BCUT2D eigenvalue weighted by Gasteiger charge is -1.87. The molecule has 0 unspecified atom stereocenters. The quantitative estimate of drug-likeness (QED) is 0.571. The van der Waals surface area contributed by atoms with Crippen molar-refractivity contribution in [3.05, 3.63) is 18.2 Å². The number of hydrogen-bond acceptors (Lipinski definition) is 4. The van der Waals surface area contributed by atoms with Gasteiger partial charge in [-0.25, -0.2) is 9.97 Å². The number of nitrogens with zero attached hydrogens (tertiary/aromatic N) is 3. The van der Waals surface area contributed by atoms with E-state index in [1.54, 1.807) is 12.4 Å². The van der Waals surface area contributed by atoms with E-state index in [1.165, 1.54) is 11.5 Å². The van der Waals surface area contributed by atoms with Crippen LogP contribution in [0.2, 0.25) is 0 Å². The fraction of sp³-hybridized carbons (Fsp3) is 0.167. The average Bonchev–Trinajstić information content (AvgIpc) is 2.33. The minimum absolute atomic E-state index is 0.799. The predicted molar refractivity (Wildman–Crippen MR) is 39.9 cm³/mol. The summed E-state index contributed by atoms with van der Waals surface area (Å²) in [5.41, 5.74) is 0.942. The van der Waals surface area contributed by atoms with E-state index in [-0.39, 0.29) is 0 Å². The Hall–Kier alpha value is -1.03. The maximum absolute atomic E-state index is 4.17. The molecule has 0 radical (unpaired) electrons. The van der Waals surface area contributed by atoms with Gasteiger partial charge in [-0.3, -0.25) is 0 Å². The van der Waals surface area contributed by atoms with Crippen molar-refractivity contribution < 1.29 is 0 Å². The molecule has 50 valence electrons. The second-order valence-electron chi connectivity index (χ2n) is 1.99. The van der Waals surface area contributed by atoms with Crippen LogP contribution in [-0.2, 0) is 0 Å². The van der Waals surface area contributed by atoms with Crippen molar-refractivity contribution in [2.24, 2.45) is 0 Å². The van der Waals surface area contributed by atoms with Gasteiger partial charge in [-0.05, 0) is 18.5 Å². The molecule has 2 heterocycles. The van der Waals surface area contributed by atoms with Gasteiger partial charge in [-0.1, -0.05) is 0 Å². The normalized spacial score (nSPS) is 10.5. The molecule has 2 rings (SSSR count). The van der Waals surface area contributed by atoms with E-state index >= 15 is 0 Å². The summed E-state index contributed by atoms with van der Waals surface area (Å²) in [4.78, 5) is 8.21. The van der Waals surface area contributed by atoms with Gasteiger partial charge in [-0.2, -0.15) is 4.37 Å². The molecule has 0 aliphatic heterocycles. The Morgan fingerprint density at radius 2 is 2.30 bits per heavy atom. The van der Waals surface area contributed by atoms with E-state index in [1.807, 2.05) is 6.92 Å². The maximum Gasteiger partial charge on any atom is 0.126 e. The number of aryl methyl sites for hydroxylation is 1. The summed E-state index contributed by atoms with van der Waals surface area (Å²) in [7, 11) is 0. The average molecular weight is 151 g/mol. The van der Waals surface area contributed by atoms with E-state index in [0.717, 1.165) is 16.0 Å². The SMILES string of the molecule is Cc1ncc2sncc2n1. The molecule has 0 fully saturated rings. The number of hydrogen-bond donors (Lipinski definition) is 0. The van der Waals surface area contributed by atoms with Gasteiger partial charge in [0.05, 0.1) is 17.1 Å². The van der Waals surface area contributed by atoms with Crippen LogP contribution in [0.5, 0.6) is 0 Å².